The first-order chi connectivity index (χ1) is 15.4. The lowest BCUT2D eigenvalue weighted by molar-refractivity contribution is 0.351. The van der Waals surface area contributed by atoms with Crippen molar-refractivity contribution >= 4 is 51.5 Å². The molecule has 0 aliphatic heterocycles. The molecule has 0 saturated heterocycles. The average Bonchev–Trinajstić information content (AvgIpc) is 3.19. The maximum absolute atomic E-state index is 10.8. The summed E-state index contributed by atoms with van der Waals surface area (Å²) < 4.78 is -0.348. The quantitative estimate of drug-likeness (QED) is 0.0889. The molecule has 0 amide bonds. The summed E-state index contributed by atoms with van der Waals surface area (Å²) in [4.78, 5) is 3.49. The highest BCUT2D eigenvalue weighted by atomic mass is 32.1. The molecule has 1 heterocycles. The fourth-order valence-electron chi connectivity index (χ4n) is 3.75. The Morgan fingerprint density at radius 1 is 0.576 bits per heavy atom. The Kier molecular flexibility index (Phi) is 4.67. The van der Waals surface area contributed by atoms with Gasteiger partial charge in [0.2, 0.25) is 11.5 Å². The molecule has 3 aromatic carbocycles. The number of nitrogens with zero attached hydrogens (tertiary/aromatic N) is 1. The van der Waals surface area contributed by atoms with Crippen LogP contribution in [0.1, 0.15) is 5.56 Å². The molecular formula is C20H16BNO10S. The van der Waals surface area contributed by atoms with Gasteiger partial charge in [-0.25, -0.2) is 0 Å². The highest BCUT2D eigenvalue weighted by molar-refractivity contribution is 7.27. The summed E-state index contributed by atoms with van der Waals surface area (Å²) in [5.74, 6) is -8.65. The normalized spacial score (nSPS) is 11.4. The van der Waals surface area contributed by atoms with Gasteiger partial charge in [0.15, 0.2) is 34.5 Å². The van der Waals surface area contributed by atoms with Crippen LogP contribution in [0, 0.1) is 0 Å². The van der Waals surface area contributed by atoms with Gasteiger partial charge in [0.1, 0.15) is 19.3 Å². The van der Waals surface area contributed by atoms with Crippen molar-refractivity contribution in [2.45, 2.75) is 6.54 Å². The monoisotopic (exact) mass is 473 g/mol. The molecule has 0 radical (unpaired) electrons. The van der Waals surface area contributed by atoms with Gasteiger partial charge >= 0.3 is 0 Å². The van der Waals surface area contributed by atoms with Crippen LogP contribution in [0.4, 0.5) is 0 Å². The highest BCUT2D eigenvalue weighted by Crippen LogP contribution is 2.60. The van der Waals surface area contributed by atoms with Crippen molar-refractivity contribution in [1.82, 2.24) is 0 Å². The van der Waals surface area contributed by atoms with E-state index in [1.54, 1.807) is 0 Å². The molecule has 0 bridgehead atoms. The zero-order valence-corrected chi connectivity index (χ0v) is 17.6. The van der Waals surface area contributed by atoms with E-state index in [9.17, 15) is 51.1 Å². The fraction of sp³-hybridized carbons (Fsp3) is 0.0500. The molecule has 0 atom stereocenters. The van der Waals surface area contributed by atoms with Crippen molar-refractivity contribution in [3.63, 3.8) is 0 Å². The molecule has 33 heavy (non-hydrogen) atoms. The molecule has 170 valence electrons. The van der Waals surface area contributed by atoms with Crippen molar-refractivity contribution in [3.05, 3.63) is 5.56 Å². The number of rotatable bonds is 3. The number of hydrogen-bond donors (Lipinski definition) is 10. The van der Waals surface area contributed by atoms with Gasteiger partial charge < -0.3 is 51.1 Å². The molecule has 4 rings (SSSR count). The van der Waals surface area contributed by atoms with Crippen LogP contribution in [0.2, 0.25) is 0 Å². The van der Waals surface area contributed by atoms with Crippen molar-refractivity contribution in [2.24, 2.45) is 4.99 Å². The second-order valence-corrected chi connectivity index (χ2v) is 8.25. The Bertz CT molecular complexity index is 1500. The minimum atomic E-state index is -1.06. The number of aliphatic imine (C=N–C) groups is 1. The average molecular weight is 473 g/mol. The van der Waals surface area contributed by atoms with E-state index in [4.69, 9.17) is 0 Å². The zero-order chi connectivity index (χ0) is 24.5. The first-order valence-electron chi connectivity index (χ1n) is 9.13. The number of benzene rings is 3. The summed E-state index contributed by atoms with van der Waals surface area (Å²) in [5, 5.41) is 104. The first-order valence-corrected chi connectivity index (χ1v) is 9.95. The Morgan fingerprint density at radius 2 is 1.09 bits per heavy atom. The van der Waals surface area contributed by atoms with Gasteiger partial charge in [-0.1, -0.05) is 0 Å². The van der Waals surface area contributed by atoms with Crippen LogP contribution < -0.4 is 5.46 Å². The minimum Gasteiger partial charge on any atom is -0.508 e. The number of phenols is 10. The van der Waals surface area contributed by atoms with Crippen LogP contribution in [-0.4, -0.2) is 65.6 Å². The van der Waals surface area contributed by atoms with Crippen LogP contribution in [0.15, 0.2) is 4.99 Å². The maximum Gasteiger partial charge on any atom is 0.205 e. The van der Waals surface area contributed by atoms with Crippen LogP contribution >= 0.6 is 11.3 Å². The molecule has 0 aliphatic rings. The third kappa shape index (κ3) is 2.65. The van der Waals surface area contributed by atoms with Gasteiger partial charge in [0.25, 0.3) is 0 Å². The maximum atomic E-state index is 10.8. The van der Waals surface area contributed by atoms with Crippen LogP contribution in [-0.2, 0) is 6.54 Å². The zero-order valence-electron chi connectivity index (χ0n) is 16.7. The van der Waals surface area contributed by atoms with Gasteiger partial charge in [-0.05, 0) is 12.2 Å². The standard InChI is InChI=1S/C20H16BNO10S/c1-22-2-3-9(23)13(27)4(14(28)10(3)24)5-11(25)8(21)12(26)6-7-15(29)16(30)17(31)18(32)20(7)33-19(5)6/h23-32H,1-2,21H2. The van der Waals surface area contributed by atoms with Crippen molar-refractivity contribution in [1.29, 1.82) is 0 Å². The van der Waals surface area contributed by atoms with Gasteiger partial charge in [0, 0.05) is 10.9 Å². The molecule has 10 N–H and O–H groups in total. The summed E-state index contributed by atoms with van der Waals surface area (Å²) in [6, 6.07) is 0. The van der Waals surface area contributed by atoms with E-state index in [-0.39, 0.29) is 43.3 Å². The summed E-state index contributed by atoms with van der Waals surface area (Å²) in [6.07, 6.45) is 0. The molecule has 4 aromatic rings. The predicted molar refractivity (Wildman–Crippen MR) is 123 cm³/mol. The van der Waals surface area contributed by atoms with E-state index in [2.05, 4.69) is 11.7 Å². The van der Waals surface area contributed by atoms with Gasteiger partial charge in [-0.2, -0.15) is 0 Å². The number of thiophene rings is 1. The van der Waals surface area contributed by atoms with Crippen molar-refractivity contribution in [3.8, 4) is 68.6 Å². The molecule has 0 aliphatic carbocycles. The molecule has 0 unspecified atom stereocenters. The SMILES string of the molecule is Bc1c(O)c(-c2c(O)c(O)c(CN=C)c(O)c2O)c2sc3c(O)c(O)c(O)c(O)c3c2c1O. The minimum absolute atomic E-state index is 0.139. The van der Waals surface area contributed by atoms with E-state index in [1.165, 1.54) is 7.85 Å². The largest absolute Gasteiger partial charge is 0.508 e. The first kappa shape index (κ1) is 21.8. The van der Waals surface area contributed by atoms with Crippen LogP contribution in [0.25, 0.3) is 31.3 Å². The second kappa shape index (κ2) is 7.07. The molecule has 0 spiro atoms. The lowest BCUT2D eigenvalue weighted by atomic mass is 9.86. The number of aromatic hydroxyl groups is 10. The number of hydrogen-bond acceptors (Lipinski definition) is 12. The molecule has 1 aromatic heterocycles. The highest BCUT2D eigenvalue weighted by Gasteiger charge is 2.32. The molecular weight excluding hydrogens is 457 g/mol. The van der Waals surface area contributed by atoms with Gasteiger partial charge in [-0.3, -0.25) is 4.99 Å². The summed E-state index contributed by atoms with van der Waals surface area (Å²) in [6.45, 7) is 2.86. The summed E-state index contributed by atoms with van der Waals surface area (Å²) in [5.41, 5.74) is -1.53. The fourth-order valence-corrected chi connectivity index (χ4v) is 5.05. The van der Waals surface area contributed by atoms with E-state index in [0.717, 1.165) is 0 Å². The second-order valence-electron chi connectivity index (χ2n) is 7.23. The smallest absolute Gasteiger partial charge is 0.205 e. The Hall–Kier alpha value is -4.39. The number of phenolic OH excluding ortho intramolecular Hbond substituents is 10. The van der Waals surface area contributed by atoms with Crippen molar-refractivity contribution < 1.29 is 51.1 Å². The summed E-state index contributed by atoms with van der Waals surface area (Å²) in [7, 11) is 1.26. The van der Waals surface area contributed by atoms with Gasteiger partial charge in [0.05, 0.1) is 32.5 Å². The lowest BCUT2D eigenvalue weighted by Crippen LogP contribution is -2.06. The predicted octanol–water partition coefficient (Wildman–Crippen LogP) is 1.24. The van der Waals surface area contributed by atoms with E-state index >= 15 is 0 Å². The molecule has 11 nitrogen and oxygen atoms in total. The summed E-state index contributed by atoms with van der Waals surface area (Å²) >= 11 is 0.612. The van der Waals surface area contributed by atoms with E-state index < -0.39 is 63.1 Å². The lowest BCUT2D eigenvalue weighted by Gasteiger charge is -2.18. The van der Waals surface area contributed by atoms with Gasteiger partial charge in [-0.15, -0.1) is 11.3 Å². The third-order valence-electron chi connectivity index (χ3n) is 5.46. The van der Waals surface area contributed by atoms with Crippen LogP contribution in [0.3, 0.4) is 0 Å². The van der Waals surface area contributed by atoms with Crippen molar-refractivity contribution in [2.75, 3.05) is 0 Å². The van der Waals surface area contributed by atoms with E-state index in [0.29, 0.717) is 11.3 Å². The topological polar surface area (TPSA) is 215 Å². The molecule has 0 saturated carbocycles. The Labute approximate surface area is 188 Å². The number of fused-ring (bicyclic) bond motifs is 3. The molecule has 13 heteroatoms. The van der Waals surface area contributed by atoms with E-state index in [1.807, 2.05) is 0 Å². The third-order valence-corrected chi connectivity index (χ3v) is 6.67. The Balaban J connectivity index is 2.30. The van der Waals surface area contributed by atoms with Crippen LogP contribution in [0.5, 0.6) is 57.5 Å². The Morgan fingerprint density at radius 3 is 1.64 bits per heavy atom. The molecule has 0 fully saturated rings.